The smallest absolute Gasteiger partial charge is 0.408 e. The zero-order valence-electron chi connectivity index (χ0n) is 13.0. The lowest BCUT2D eigenvalue weighted by atomic mass is 10.1. The summed E-state index contributed by atoms with van der Waals surface area (Å²) in [5, 5.41) is 2.73. The number of ether oxygens (including phenoxy) is 2. The second-order valence-corrected chi connectivity index (χ2v) is 5.96. The summed E-state index contributed by atoms with van der Waals surface area (Å²) in [4.78, 5) is 22.2. The Morgan fingerprint density at radius 3 is 2.43 bits per heavy atom. The molecule has 1 aromatic rings. The van der Waals surface area contributed by atoms with Crippen LogP contribution in [0, 0.1) is 6.92 Å². The molecule has 116 valence electrons. The van der Waals surface area contributed by atoms with Crippen molar-refractivity contribution >= 4 is 12.6 Å². The molecule has 0 fully saturated rings. The molecule has 1 amide bonds. The Bertz CT molecular complexity index is 462. The van der Waals surface area contributed by atoms with Crippen molar-refractivity contribution in [1.29, 1.82) is 0 Å². The number of hydrogen-bond acceptors (Lipinski definition) is 4. The maximum absolute atomic E-state index is 11.8. The average molecular weight is 293 g/mol. The summed E-state index contributed by atoms with van der Waals surface area (Å²) in [6, 6.07) is 7.65. The Balaban J connectivity index is 2.64. The fraction of sp³-hybridized carbons (Fsp3) is 0.500. The van der Waals surface area contributed by atoms with Crippen LogP contribution in [-0.4, -0.2) is 30.8 Å². The van der Waals surface area contributed by atoms with E-state index in [-0.39, 0.29) is 12.6 Å². The Morgan fingerprint density at radius 1 is 1.29 bits per heavy atom. The first kappa shape index (κ1) is 17.0. The summed E-state index contributed by atoms with van der Waals surface area (Å²) in [5.41, 5.74) is 1.65. The highest BCUT2D eigenvalue weighted by atomic mass is 16.6. The highest BCUT2D eigenvalue weighted by Crippen LogP contribution is 2.09. The standard InChI is InChI=1S/C16H23NO4/c1-12-5-7-13(8-6-12)9-14(10-20-11-18)17-15(19)21-16(2,3)4/h5-8,11,14H,9-10H2,1-4H3,(H,17,19). The van der Waals surface area contributed by atoms with Crippen LogP contribution in [0.3, 0.4) is 0 Å². The molecule has 1 rings (SSSR count). The topological polar surface area (TPSA) is 64.6 Å². The number of amides is 1. The third kappa shape index (κ3) is 7.34. The van der Waals surface area contributed by atoms with Gasteiger partial charge >= 0.3 is 6.09 Å². The molecule has 0 aliphatic carbocycles. The fourth-order valence-corrected chi connectivity index (χ4v) is 1.79. The van der Waals surface area contributed by atoms with Crippen molar-refractivity contribution < 1.29 is 19.1 Å². The van der Waals surface area contributed by atoms with Crippen LogP contribution in [-0.2, 0) is 20.7 Å². The van der Waals surface area contributed by atoms with E-state index in [0.717, 1.165) is 5.56 Å². The first-order chi connectivity index (χ1) is 9.80. The second-order valence-electron chi connectivity index (χ2n) is 5.96. The van der Waals surface area contributed by atoms with E-state index in [1.807, 2.05) is 31.2 Å². The van der Waals surface area contributed by atoms with Crippen molar-refractivity contribution in [2.75, 3.05) is 6.61 Å². The Labute approximate surface area is 125 Å². The first-order valence-corrected chi connectivity index (χ1v) is 6.90. The zero-order valence-corrected chi connectivity index (χ0v) is 13.0. The predicted molar refractivity (Wildman–Crippen MR) is 80.1 cm³/mol. The van der Waals surface area contributed by atoms with Gasteiger partial charge in [-0.05, 0) is 39.7 Å². The zero-order chi connectivity index (χ0) is 15.9. The van der Waals surface area contributed by atoms with Gasteiger partial charge in [0.2, 0.25) is 0 Å². The molecule has 0 aliphatic rings. The number of carbonyl (C=O) groups is 2. The molecular weight excluding hydrogens is 270 g/mol. The lowest BCUT2D eigenvalue weighted by molar-refractivity contribution is -0.129. The summed E-state index contributed by atoms with van der Waals surface area (Å²) < 4.78 is 9.98. The van der Waals surface area contributed by atoms with Crippen molar-refractivity contribution in [2.24, 2.45) is 0 Å². The van der Waals surface area contributed by atoms with Gasteiger partial charge < -0.3 is 14.8 Å². The average Bonchev–Trinajstić information content (AvgIpc) is 2.36. The minimum absolute atomic E-state index is 0.108. The second kappa shape index (κ2) is 7.67. The van der Waals surface area contributed by atoms with Gasteiger partial charge in [0.25, 0.3) is 6.47 Å². The van der Waals surface area contributed by atoms with Crippen molar-refractivity contribution in [3.05, 3.63) is 35.4 Å². The summed E-state index contributed by atoms with van der Waals surface area (Å²) in [7, 11) is 0. The highest BCUT2D eigenvalue weighted by Gasteiger charge is 2.20. The van der Waals surface area contributed by atoms with Gasteiger partial charge in [-0.2, -0.15) is 0 Å². The third-order valence-corrected chi connectivity index (χ3v) is 2.69. The molecular formula is C16H23NO4. The summed E-state index contributed by atoms with van der Waals surface area (Å²) in [6.45, 7) is 7.88. The van der Waals surface area contributed by atoms with Crippen LogP contribution in [0.15, 0.2) is 24.3 Å². The van der Waals surface area contributed by atoms with Crippen LogP contribution < -0.4 is 5.32 Å². The molecule has 21 heavy (non-hydrogen) atoms. The number of alkyl carbamates (subject to hydrolysis) is 1. The lowest BCUT2D eigenvalue weighted by Crippen LogP contribution is -2.42. The summed E-state index contributed by atoms with van der Waals surface area (Å²) in [6.07, 6.45) is 0.0435. The molecule has 1 atom stereocenters. The van der Waals surface area contributed by atoms with Crippen molar-refractivity contribution in [2.45, 2.75) is 45.8 Å². The van der Waals surface area contributed by atoms with E-state index >= 15 is 0 Å². The normalized spacial score (nSPS) is 12.4. The number of carbonyl (C=O) groups excluding carboxylic acids is 2. The highest BCUT2D eigenvalue weighted by molar-refractivity contribution is 5.68. The third-order valence-electron chi connectivity index (χ3n) is 2.69. The summed E-state index contributed by atoms with van der Waals surface area (Å²) in [5.74, 6) is 0. The van der Waals surface area contributed by atoms with Gasteiger partial charge in [-0.1, -0.05) is 29.8 Å². The van der Waals surface area contributed by atoms with Crippen molar-refractivity contribution in [3.8, 4) is 0 Å². The van der Waals surface area contributed by atoms with Gasteiger partial charge in [0.1, 0.15) is 12.2 Å². The lowest BCUT2D eigenvalue weighted by Gasteiger charge is -2.23. The van der Waals surface area contributed by atoms with Crippen LogP contribution in [0.5, 0.6) is 0 Å². The molecule has 0 spiro atoms. The van der Waals surface area contributed by atoms with Gasteiger partial charge in [-0.25, -0.2) is 4.79 Å². The fourth-order valence-electron chi connectivity index (χ4n) is 1.79. The van der Waals surface area contributed by atoms with Crippen LogP contribution in [0.2, 0.25) is 0 Å². The molecule has 0 aliphatic heterocycles. The van der Waals surface area contributed by atoms with E-state index in [1.54, 1.807) is 20.8 Å². The van der Waals surface area contributed by atoms with E-state index in [9.17, 15) is 9.59 Å². The molecule has 1 N–H and O–H groups in total. The number of benzene rings is 1. The van der Waals surface area contributed by atoms with Crippen molar-refractivity contribution in [3.63, 3.8) is 0 Å². The van der Waals surface area contributed by atoms with Crippen LogP contribution >= 0.6 is 0 Å². The van der Waals surface area contributed by atoms with E-state index in [0.29, 0.717) is 12.9 Å². The van der Waals surface area contributed by atoms with Crippen LogP contribution in [0.4, 0.5) is 4.79 Å². The van der Waals surface area contributed by atoms with E-state index in [2.05, 4.69) is 5.32 Å². The first-order valence-electron chi connectivity index (χ1n) is 6.90. The largest absolute Gasteiger partial charge is 0.466 e. The molecule has 0 bridgehead atoms. The minimum atomic E-state index is -0.565. The Kier molecular flexibility index (Phi) is 6.21. The summed E-state index contributed by atoms with van der Waals surface area (Å²) >= 11 is 0. The maximum atomic E-state index is 11.8. The molecule has 1 unspecified atom stereocenters. The molecule has 5 nitrogen and oxygen atoms in total. The van der Waals surface area contributed by atoms with Gasteiger partial charge in [-0.15, -0.1) is 0 Å². The monoisotopic (exact) mass is 293 g/mol. The Hall–Kier alpha value is -2.04. The number of hydrogen-bond donors (Lipinski definition) is 1. The van der Waals surface area contributed by atoms with Gasteiger partial charge in [0.05, 0.1) is 6.04 Å². The van der Waals surface area contributed by atoms with Crippen LogP contribution in [0.1, 0.15) is 31.9 Å². The SMILES string of the molecule is Cc1ccc(CC(COC=O)NC(=O)OC(C)(C)C)cc1. The quantitative estimate of drug-likeness (QED) is 0.819. The molecule has 0 heterocycles. The predicted octanol–water partition coefficient (Wildman–Crippen LogP) is 2.60. The van der Waals surface area contributed by atoms with E-state index < -0.39 is 11.7 Å². The minimum Gasteiger partial charge on any atom is -0.466 e. The van der Waals surface area contributed by atoms with Gasteiger partial charge in [-0.3, -0.25) is 4.79 Å². The van der Waals surface area contributed by atoms with Crippen LogP contribution in [0.25, 0.3) is 0 Å². The Morgan fingerprint density at radius 2 is 1.90 bits per heavy atom. The van der Waals surface area contributed by atoms with Crippen molar-refractivity contribution in [1.82, 2.24) is 5.32 Å². The molecule has 0 aromatic heterocycles. The van der Waals surface area contributed by atoms with Gasteiger partial charge in [0, 0.05) is 0 Å². The van der Waals surface area contributed by atoms with Gasteiger partial charge in [0.15, 0.2) is 0 Å². The number of aryl methyl sites for hydroxylation is 1. The number of rotatable bonds is 6. The maximum Gasteiger partial charge on any atom is 0.408 e. The molecule has 0 radical (unpaired) electrons. The van der Waals surface area contributed by atoms with E-state index in [4.69, 9.17) is 9.47 Å². The number of nitrogens with one attached hydrogen (secondary N) is 1. The molecule has 0 saturated carbocycles. The molecule has 5 heteroatoms. The van der Waals surface area contributed by atoms with E-state index in [1.165, 1.54) is 5.56 Å². The molecule has 0 saturated heterocycles. The molecule has 1 aromatic carbocycles.